The van der Waals surface area contributed by atoms with E-state index in [9.17, 15) is 14.0 Å². The number of para-hydroxylation sites is 1. The molecule has 0 aromatic heterocycles. The Morgan fingerprint density at radius 2 is 1.76 bits per heavy atom. The standard InChI is InChI=1S/C26H21FN2O3S/c1-2-17-10-12-21(13-11-17)29-25(31)22(24(30)28-26(29)33)15-19-7-3-4-9-23(19)32-16-18-6-5-8-20(27)14-18/h3-15H,2,16H2,1H3,(H,28,30,33)/b22-15+. The van der Waals surface area contributed by atoms with Gasteiger partial charge in [-0.2, -0.15) is 0 Å². The van der Waals surface area contributed by atoms with Gasteiger partial charge in [-0.1, -0.05) is 49.4 Å². The summed E-state index contributed by atoms with van der Waals surface area (Å²) in [5.41, 5.74) is 2.84. The second-order valence-electron chi connectivity index (χ2n) is 7.43. The molecule has 5 nitrogen and oxygen atoms in total. The number of rotatable bonds is 6. The highest BCUT2D eigenvalue weighted by Crippen LogP contribution is 2.26. The minimum absolute atomic E-state index is 0.0297. The van der Waals surface area contributed by atoms with Crippen molar-refractivity contribution in [2.45, 2.75) is 20.0 Å². The van der Waals surface area contributed by atoms with Crippen LogP contribution in [0.3, 0.4) is 0 Å². The molecule has 0 radical (unpaired) electrons. The van der Waals surface area contributed by atoms with Crippen LogP contribution in [0.25, 0.3) is 6.08 Å². The van der Waals surface area contributed by atoms with Crippen molar-refractivity contribution in [1.29, 1.82) is 0 Å². The largest absolute Gasteiger partial charge is 0.488 e. The van der Waals surface area contributed by atoms with E-state index < -0.39 is 11.8 Å². The summed E-state index contributed by atoms with van der Waals surface area (Å²) in [6.07, 6.45) is 2.35. The number of nitrogens with one attached hydrogen (secondary N) is 1. The SMILES string of the molecule is CCc1ccc(N2C(=O)/C(=C/c3ccccc3OCc3cccc(F)c3)C(=O)NC2=S)cc1. The molecular formula is C26H21FN2O3S. The van der Waals surface area contributed by atoms with Crippen LogP contribution in [0.15, 0.2) is 78.4 Å². The molecule has 1 aliphatic rings. The fraction of sp³-hybridized carbons (Fsp3) is 0.115. The van der Waals surface area contributed by atoms with Crippen LogP contribution in [-0.4, -0.2) is 16.9 Å². The molecule has 0 aliphatic carbocycles. The number of anilines is 1. The Hall–Kier alpha value is -3.84. The van der Waals surface area contributed by atoms with E-state index in [0.29, 0.717) is 22.6 Å². The number of carbonyl (C=O) groups excluding carboxylic acids is 2. The van der Waals surface area contributed by atoms with Gasteiger partial charge in [0.15, 0.2) is 5.11 Å². The number of nitrogens with zero attached hydrogens (tertiary/aromatic N) is 1. The van der Waals surface area contributed by atoms with Gasteiger partial charge in [0.2, 0.25) is 0 Å². The first-order chi connectivity index (χ1) is 16.0. The molecule has 1 fully saturated rings. The third-order valence-corrected chi connectivity index (χ3v) is 5.49. The molecular weight excluding hydrogens is 439 g/mol. The molecule has 1 N–H and O–H groups in total. The highest BCUT2D eigenvalue weighted by molar-refractivity contribution is 7.80. The Labute approximate surface area is 196 Å². The van der Waals surface area contributed by atoms with Crippen LogP contribution in [0.5, 0.6) is 5.75 Å². The Morgan fingerprint density at radius 3 is 2.48 bits per heavy atom. The second kappa shape index (κ2) is 9.75. The summed E-state index contributed by atoms with van der Waals surface area (Å²) in [5.74, 6) is -0.986. The molecule has 166 valence electrons. The first-order valence-corrected chi connectivity index (χ1v) is 10.8. The minimum atomic E-state index is -0.577. The summed E-state index contributed by atoms with van der Waals surface area (Å²) in [5, 5.41) is 2.62. The lowest BCUT2D eigenvalue weighted by molar-refractivity contribution is -0.122. The minimum Gasteiger partial charge on any atom is -0.488 e. The average Bonchev–Trinajstić information content (AvgIpc) is 2.81. The molecule has 0 unspecified atom stereocenters. The van der Waals surface area contributed by atoms with Crippen LogP contribution in [-0.2, 0) is 22.6 Å². The summed E-state index contributed by atoms with van der Waals surface area (Å²) < 4.78 is 19.3. The van der Waals surface area contributed by atoms with Gasteiger partial charge in [-0.3, -0.25) is 19.8 Å². The average molecular weight is 461 g/mol. The Balaban J connectivity index is 1.62. The zero-order valence-corrected chi connectivity index (χ0v) is 18.7. The van der Waals surface area contributed by atoms with E-state index in [0.717, 1.165) is 12.0 Å². The van der Waals surface area contributed by atoms with Crippen molar-refractivity contribution in [2.24, 2.45) is 0 Å². The summed E-state index contributed by atoms with van der Waals surface area (Å²) in [6, 6.07) is 20.6. The van der Waals surface area contributed by atoms with Gasteiger partial charge in [-0.25, -0.2) is 4.39 Å². The Morgan fingerprint density at radius 1 is 1.00 bits per heavy atom. The summed E-state index contributed by atoms with van der Waals surface area (Å²) >= 11 is 5.26. The molecule has 0 atom stereocenters. The lowest BCUT2D eigenvalue weighted by atomic mass is 10.1. The number of amides is 2. The highest BCUT2D eigenvalue weighted by Gasteiger charge is 2.34. The number of aryl methyl sites for hydroxylation is 1. The quantitative estimate of drug-likeness (QED) is 0.326. The number of halogens is 1. The van der Waals surface area contributed by atoms with E-state index in [2.05, 4.69) is 5.32 Å². The van der Waals surface area contributed by atoms with E-state index in [4.69, 9.17) is 17.0 Å². The van der Waals surface area contributed by atoms with Crippen molar-refractivity contribution < 1.29 is 18.7 Å². The summed E-state index contributed by atoms with van der Waals surface area (Å²) in [7, 11) is 0. The first kappa shape index (κ1) is 22.4. The van der Waals surface area contributed by atoms with Crippen molar-refractivity contribution >= 4 is 40.9 Å². The van der Waals surface area contributed by atoms with E-state index in [-0.39, 0.29) is 23.1 Å². The lowest BCUT2D eigenvalue weighted by Crippen LogP contribution is -2.54. The smallest absolute Gasteiger partial charge is 0.270 e. The Bertz CT molecular complexity index is 1250. The maximum absolute atomic E-state index is 13.5. The number of ether oxygens (including phenoxy) is 1. The number of hydrogen-bond acceptors (Lipinski definition) is 4. The zero-order chi connectivity index (χ0) is 23.4. The third kappa shape index (κ3) is 4.99. The topological polar surface area (TPSA) is 58.6 Å². The van der Waals surface area contributed by atoms with Crippen molar-refractivity contribution in [3.63, 3.8) is 0 Å². The van der Waals surface area contributed by atoms with E-state index >= 15 is 0 Å². The summed E-state index contributed by atoms with van der Waals surface area (Å²) in [6.45, 7) is 2.18. The van der Waals surface area contributed by atoms with Crippen LogP contribution >= 0.6 is 12.2 Å². The molecule has 3 aromatic carbocycles. The molecule has 33 heavy (non-hydrogen) atoms. The molecule has 0 bridgehead atoms. The number of hydrogen-bond donors (Lipinski definition) is 1. The maximum atomic E-state index is 13.5. The molecule has 0 spiro atoms. The number of thiocarbonyl (C=S) groups is 1. The van der Waals surface area contributed by atoms with Gasteiger partial charge in [-0.15, -0.1) is 0 Å². The van der Waals surface area contributed by atoms with Gasteiger partial charge in [0.1, 0.15) is 23.7 Å². The van der Waals surface area contributed by atoms with Crippen molar-refractivity contribution in [2.75, 3.05) is 4.90 Å². The predicted octanol–water partition coefficient (Wildman–Crippen LogP) is 4.80. The fourth-order valence-corrected chi connectivity index (χ4v) is 3.73. The first-order valence-electron chi connectivity index (χ1n) is 10.4. The molecule has 2 amide bonds. The van der Waals surface area contributed by atoms with Gasteiger partial charge in [0.25, 0.3) is 11.8 Å². The van der Waals surface area contributed by atoms with Crippen LogP contribution in [0, 0.1) is 5.82 Å². The van der Waals surface area contributed by atoms with E-state index in [1.165, 1.54) is 23.1 Å². The summed E-state index contributed by atoms with van der Waals surface area (Å²) in [4.78, 5) is 27.2. The molecule has 1 saturated heterocycles. The normalized spacial score (nSPS) is 15.0. The van der Waals surface area contributed by atoms with Gasteiger partial charge in [0.05, 0.1) is 5.69 Å². The van der Waals surface area contributed by atoms with Gasteiger partial charge in [0, 0.05) is 5.56 Å². The maximum Gasteiger partial charge on any atom is 0.270 e. The molecule has 1 heterocycles. The number of benzene rings is 3. The second-order valence-corrected chi connectivity index (χ2v) is 7.82. The molecule has 3 aromatic rings. The molecule has 0 saturated carbocycles. The molecule has 4 rings (SSSR count). The van der Waals surface area contributed by atoms with E-state index in [1.54, 1.807) is 48.5 Å². The molecule has 1 aliphatic heterocycles. The monoisotopic (exact) mass is 460 g/mol. The predicted molar refractivity (Wildman–Crippen MR) is 129 cm³/mol. The van der Waals surface area contributed by atoms with Crippen molar-refractivity contribution in [3.05, 3.63) is 101 Å². The lowest BCUT2D eigenvalue weighted by Gasteiger charge is -2.29. The van der Waals surface area contributed by atoms with Crippen LogP contribution < -0.4 is 15.0 Å². The van der Waals surface area contributed by atoms with Crippen LogP contribution in [0.2, 0.25) is 0 Å². The zero-order valence-electron chi connectivity index (χ0n) is 17.9. The van der Waals surface area contributed by atoms with Gasteiger partial charge >= 0.3 is 0 Å². The van der Waals surface area contributed by atoms with Gasteiger partial charge in [-0.05, 0) is 66.2 Å². The van der Waals surface area contributed by atoms with Crippen molar-refractivity contribution in [1.82, 2.24) is 5.32 Å². The van der Waals surface area contributed by atoms with Crippen LogP contribution in [0.1, 0.15) is 23.6 Å². The number of carbonyl (C=O) groups is 2. The highest BCUT2D eigenvalue weighted by atomic mass is 32.1. The van der Waals surface area contributed by atoms with Crippen molar-refractivity contribution in [3.8, 4) is 5.75 Å². The van der Waals surface area contributed by atoms with Crippen LogP contribution in [0.4, 0.5) is 10.1 Å². The van der Waals surface area contributed by atoms with Gasteiger partial charge < -0.3 is 4.74 Å². The fourth-order valence-electron chi connectivity index (χ4n) is 3.45. The molecule has 7 heteroatoms. The third-order valence-electron chi connectivity index (χ3n) is 5.21. The Kier molecular flexibility index (Phi) is 6.60. The van der Waals surface area contributed by atoms with E-state index in [1.807, 2.05) is 19.1 Å².